The van der Waals surface area contributed by atoms with Gasteiger partial charge in [0.2, 0.25) is 0 Å². The third-order valence-corrected chi connectivity index (χ3v) is 2.69. The predicted molar refractivity (Wildman–Crippen MR) is 48.1 cm³/mol. The maximum Gasteiger partial charge on any atom is 0.0682 e. The van der Waals surface area contributed by atoms with Crippen molar-refractivity contribution < 1.29 is 9.84 Å². The van der Waals surface area contributed by atoms with E-state index < -0.39 is 5.60 Å². The van der Waals surface area contributed by atoms with Crippen LogP contribution in [0.2, 0.25) is 0 Å². The molecule has 1 fully saturated rings. The van der Waals surface area contributed by atoms with Crippen molar-refractivity contribution in [2.75, 3.05) is 26.8 Å². The Morgan fingerprint density at radius 2 is 2.42 bits per heavy atom. The van der Waals surface area contributed by atoms with Crippen LogP contribution in [0.25, 0.3) is 0 Å². The van der Waals surface area contributed by atoms with Crippen LogP contribution >= 0.6 is 0 Å². The maximum atomic E-state index is 10.0. The Kier molecular flexibility index (Phi) is 3.50. The second-order valence-corrected chi connectivity index (χ2v) is 3.77. The lowest BCUT2D eigenvalue weighted by molar-refractivity contribution is -0.0114. The van der Waals surface area contributed by atoms with Crippen LogP contribution in [0.15, 0.2) is 0 Å². The first kappa shape index (κ1) is 9.96. The Morgan fingerprint density at radius 3 is 2.92 bits per heavy atom. The van der Waals surface area contributed by atoms with E-state index in [4.69, 9.17) is 4.74 Å². The van der Waals surface area contributed by atoms with Gasteiger partial charge in [-0.3, -0.25) is 0 Å². The van der Waals surface area contributed by atoms with E-state index >= 15 is 0 Å². The molecule has 1 saturated heterocycles. The van der Waals surface area contributed by atoms with Gasteiger partial charge in [0.15, 0.2) is 0 Å². The van der Waals surface area contributed by atoms with Gasteiger partial charge in [0.25, 0.3) is 0 Å². The van der Waals surface area contributed by atoms with Crippen molar-refractivity contribution in [3.8, 4) is 0 Å². The van der Waals surface area contributed by atoms with Gasteiger partial charge in [-0.1, -0.05) is 0 Å². The van der Waals surface area contributed by atoms with Crippen LogP contribution in [0.5, 0.6) is 0 Å². The summed E-state index contributed by atoms with van der Waals surface area (Å²) in [5.41, 5.74) is -0.556. The molecule has 1 rings (SSSR count). The first-order valence-corrected chi connectivity index (χ1v) is 4.61. The van der Waals surface area contributed by atoms with Gasteiger partial charge in [-0.25, -0.2) is 0 Å². The van der Waals surface area contributed by atoms with Gasteiger partial charge in [0.1, 0.15) is 0 Å². The van der Waals surface area contributed by atoms with Gasteiger partial charge in [-0.15, -0.1) is 0 Å². The molecule has 0 aromatic rings. The number of ether oxygens (including phenoxy) is 1. The van der Waals surface area contributed by atoms with Crippen LogP contribution in [0.4, 0.5) is 0 Å². The lowest BCUT2D eigenvalue weighted by Gasteiger charge is -2.28. The molecule has 0 amide bonds. The van der Waals surface area contributed by atoms with Crippen LogP contribution in [0.1, 0.15) is 19.8 Å². The summed E-state index contributed by atoms with van der Waals surface area (Å²) in [5.74, 6) is 0.325. The van der Waals surface area contributed by atoms with E-state index in [1.165, 1.54) is 0 Å². The van der Waals surface area contributed by atoms with Crippen LogP contribution < -0.4 is 5.32 Å². The molecule has 0 spiro atoms. The summed E-state index contributed by atoms with van der Waals surface area (Å²) in [6, 6.07) is 0. The fourth-order valence-electron chi connectivity index (χ4n) is 1.61. The Hall–Kier alpha value is -0.120. The lowest BCUT2D eigenvalue weighted by Crippen LogP contribution is -2.37. The Labute approximate surface area is 74.1 Å². The van der Waals surface area contributed by atoms with Crippen LogP contribution in [-0.2, 0) is 4.74 Å². The first-order valence-electron chi connectivity index (χ1n) is 4.61. The monoisotopic (exact) mass is 173 g/mol. The normalized spacial score (nSPS) is 28.8. The fourth-order valence-corrected chi connectivity index (χ4v) is 1.61. The van der Waals surface area contributed by atoms with E-state index in [1.54, 1.807) is 0 Å². The number of hydrogen-bond donors (Lipinski definition) is 2. The minimum Gasteiger partial charge on any atom is -0.390 e. The molecule has 1 heterocycles. The SMILES string of the molecule is CNCCC(C)(O)C1CCOC1. The maximum absolute atomic E-state index is 10.0. The molecule has 2 N–H and O–H groups in total. The largest absolute Gasteiger partial charge is 0.390 e. The second kappa shape index (κ2) is 4.21. The van der Waals surface area contributed by atoms with Crippen LogP contribution in [0.3, 0.4) is 0 Å². The summed E-state index contributed by atoms with van der Waals surface area (Å²) < 4.78 is 5.24. The lowest BCUT2D eigenvalue weighted by atomic mass is 9.86. The van der Waals surface area contributed by atoms with Crippen molar-refractivity contribution in [3.05, 3.63) is 0 Å². The van der Waals surface area contributed by atoms with Crippen molar-refractivity contribution in [2.45, 2.75) is 25.4 Å². The highest BCUT2D eigenvalue weighted by molar-refractivity contribution is 4.84. The zero-order chi connectivity index (χ0) is 9.03. The minimum atomic E-state index is -0.556. The topological polar surface area (TPSA) is 41.5 Å². The molecule has 12 heavy (non-hydrogen) atoms. The van der Waals surface area contributed by atoms with Gasteiger partial charge in [-0.05, 0) is 33.4 Å². The van der Waals surface area contributed by atoms with E-state index in [1.807, 2.05) is 14.0 Å². The number of aliphatic hydroxyl groups is 1. The highest BCUT2D eigenvalue weighted by atomic mass is 16.5. The molecule has 0 aliphatic carbocycles. The predicted octanol–water partition coefficient (Wildman–Crippen LogP) is 0.383. The molecule has 0 radical (unpaired) electrons. The molecule has 3 heteroatoms. The van der Waals surface area contributed by atoms with Crippen LogP contribution in [-0.4, -0.2) is 37.5 Å². The quantitative estimate of drug-likeness (QED) is 0.646. The van der Waals surface area contributed by atoms with Gasteiger partial charge in [0.05, 0.1) is 12.2 Å². The minimum absolute atomic E-state index is 0.325. The summed E-state index contributed by atoms with van der Waals surface area (Å²) in [4.78, 5) is 0. The molecule has 0 saturated carbocycles. The molecule has 0 aromatic heterocycles. The van der Waals surface area contributed by atoms with Crippen molar-refractivity contribution in [1.29, 1.82) is 0 Å². The standard InChI is InChI=1S/C9H19NO2/c1-9(11,4-5-10-2)8-3-6-12-7-8/h8,10-11H,3-7H2,1-2H3. The first-order chi connectivity index (χ1) is 5.67. The van der Waals surface area contributed by atoms with Gasteiger partial charge in [-0.2, -0.15) is 0 Å². The smallest absolute Gasteiger partial charge is 0.0682 e. The number of hydrogen-bond acceptors (Lipinski definition) is 3. The zero-order valence-electron chi connectivity index (χ0n) is 7.97. The average molecular weight is 173 g/mol. The molecular weight excluding hydrogens is 154 g/mol. The fraction of sp³-hybridized carbons (Fsp3) is 1.00. The third-order valence-electron chi connectivity index (χ3n) is 2.69. The average Bonchev–Trinajstić information content (AvgIpc) is 2.53. The Bertz CT molecular complexity index is 130. The van der Waals surface area contributed by atoms with E-state index in [0.29, 0.717) is 5.92 Å². The van der Waals surface area contributed by atoms with Crippen molar-refractivity contribution in [3.63, 3.8) is 0 Å². The summed E-state index contributed by atoms with van der Waals surface area (Å²) in [6.07, 6.45) is 1.80. The molecule has 1 aliphatic heterocycles. The summed E-state index contributed by atoms with van der Waals surface area (Å²) >= 11 is 0. The highest BCUT2D eigenvalue weighted by Gasteiger charge is 2.33. The van der Waals surface area contributed by atoms with E-state index in [9.17, 15) is 5.11 Å². The van der Waals surface area contributed by atoms with Crippen molar-refractivity contribution >= 4 is 0 Å². The van der Waals surface area contributed by atoms with E-state index in [-0.39, 0.29) is 0 Å². The molecular formula is C9H19NO2. The molecule has 72 valence electrons. The summed E-state index contributed by atoms with van der Waals surface area (Å²) in [5, 5.41) is 13.1. The molecule has 0 aromatic carbocycles. The van der Waals surface area contributed by atoms with E-state index in [0.717, 1.165) is 32.6 Å². The Morgan fingerprint density at radius 1 is 1.67 bits per heavy atom. The van der Waals surface area contributed by atoms with Gasteiger partial charge < -0.3 is 15.2 Å². The van der Waals surface area contributed by atoms with Crippen molar-refractivity contribution in [1.82, 2.24) is 5.32 Å². The second-order valence-electron chi connectivity index (χ2n) is 3.77. The molecule has 2 unspecified atom stereocenters. The molecule has 0 bridgehead atoms. The Balaban J connectivity index is 2.34. The molecule has 1 aliphatic rings. The van der Waals surface area contributed by atoms with Gasteiger partial charge in [0, 0.05) is 12.5 Å². The summed E-state index contributed by atoms with van der Waals surface area (Å²) in [6.45, 7) is 4.30. The zero-order valence-corrected chi connectivity index (χ0v) is 7.97. The van der Waals surface area contributed by atoms with Crippen LogP contribution in [0, 0.1) is 5.92 Å². The van der Waals surface area contributed by atoms with Crippen molar-refractivity contribution in [2.24, 2.45) is 5.92 Å². The number of rotatable bonds is 4. The van der Waals surface area contributed by atoms with E-state index in [2.05, 4.69) is 5.32 Å². The summed E-state index contributed by atoms with van der Waals surface area (Å²) in [7, 11) is 1.90. The third kappa shape index (κ3) is 2.44. The number of nitrogens with one attached hydrogen (secondary N) is 1. The molecule has 2 atom stereocenters. The molecule has 3 nitrogen and oxygen atoms in total. The van der Waals surface area contributed by atoms with Gasteiger partial charge >= 0.3 is 0 Å². The highest BCUT2D eigenvalue weighted by Crippen LogP contribution is 2.27.